The quantitative estimate of drug-likeness (QED) is 0.684. The van der Waals surface area contributed by atoms with Gasteiger partial charge in [-0.25, -0.2) is 13.1 Å². The lowest BCUT2D eigenvalue weighted by atomic mass is 10.00. The second-order valence-corrected chi connectivity index (χ2v) is 8.73. The number of hydrogen-bond acceptors (Lipinski definition) is 4. The van der Waals surface area contributed by atoms with Gasteiger partial charge in [-0.05, 0) is 35.6 Å². The van der Waals surface area contributed by atoms with Crippen LogP contribution in [0.5, 0.6) is 0 Å². The molecule has 0 aliphatic heterocycles. The van der Waals surface area contributed by atoms with Gasteiger partial charge in [0.25, 0.3) is 10.0 Å². The van der Waals surface area contributed by atoms with Crippen LogP contribution in [0.4, 0.5) is 13.2 Å². The lowest BCUT2D eigenvalue weighted by Crippen LogP contribution is -2.38. The maximum atomic E-state index is 12.9. The molecule has 0 spiro atoms. The minimum atomic E-state index is -4.48. The molecule has 2 aromatic rings. The minimum absolute atomic E-state index is 0.0817. The number of benzene rings is 1. The van der Waals surface area contributed by atoms with Gasteiger partial charge in [0.15, 0.2) is 0 Å². The van der Waals surface area contributed by atoms with E-state index in [0.29, 0.717) is 18.4 Å². The van der Waals surface area contributed by atoms with E-state index < -0.39 is 40.3 Å². The number of alkyl halides is 3. The van der Waals surface area contributed by atoms with E-state index >= 15 is 0 Å². The fourth-order valence-corrected chi connectivity index (χ4v) is 4.46. The van der Waals surface area contributed by atoms with Crippen LogP contribution in [0.25, 0.3) is 0 Å². The Morgan fingerprint density at radius 3 is 2.56 bits per heavy atom. The van der Waals surface area contributed by atoms with E-state index in [-0.39, 0.29) is 4.21 Å². The number of halogens is 3. The molecule has 1 atom stereocenters. The molecule has 0 saturated heterocycles. The van der Waals surface area contributed by atoms with Crippen LogP contribution >= 0.6 is 11.3 Å². The van der Waals surface area contributed by atoms with Crippen molar-refractivity contribution in [3.8, 4) is 0 Å². The number of thiophene rings is 1. The third kappa shape index (κ3) is 6.05. The van der Waals surface area contributed by atoms with E-state index in [0.717, 1.165) is 23.5 Å². The molecule has 1 amide bonds. The van der Waals surface area contributed by atoms with E-state index in [1.165, 1.54) is 18.2 Å². The van der Waals surface area contributed by atoms with Crippen molar-refractivity contribution < 1.29 is 26.4 Å². The lowest BCUT2D eigenvalue weighted by molar-refractivity contribution is -0.137. The van der Waals surface area contributed by atoms with E-state index in [9.17, 15) is 26.4 Å². The zero-order chi connectivity index (χ0) is 20.1. The number of hydrogen-bond donors (Lipinski definition) is 2. The average Bonchev–Trinajstić information content (AvgIpc) is 3.15. The Bertz CT molecular complexity index is 866. The van der Waals surface area contributed by atoms with Gasteiger partial charge in [0.2, 0.25) is 5.91 Å². The molecular formula is C17H19F3N2O3S2. The second-order valence-electron chi connectivity index (χ2n) is 5.79. The average molecular weight is 420 g/mol. The van der Waals surface area contributed by atoms with E-state index in [1.54, 1.807) is 11.4 Å². The summed E-state index contributed by atoms with van der Waals surface area (Å²) >= 11 is 1.02. The topological polar surface area (TPSA) is 75.3 Å². The number of amides is 1. The van der Waals surface area contributed by atoms with Crippen molar-refractivity contribution in [1.82, 2.24) is 10.0 Å². The molecule has 2 N–H and O–H groups in total. The Labute approximate surface area is 159 Å². The zero-order valence-corrected chi connectivity index (χ0v) is 16.0. The van der Waals surface area contributed by atoms with Crippen molar-refractivity contribution >= 4 is 27.3 Å². The van der Waals surface area contributed by atoms with Crippen LogP contribution in [0.3, 0.4) is 0 Å². The van der Waals surface area contributed by atoms with E-state index in [2.05, 4.69) is 10.0 Å². The SMILES string of the molecule is CCCC(NC(=O)CNS(=O)(=O)c1cccs1)c1cccc(C(F)(F)F)c1. The Morgan fingerprint density at radius 1 is 1.22 bits per heavy atom. The van der Waals surface area contributed by atoms with Gasteiger partial charge in [0.05, 0.1) is 18.2 Å². The largest absolute Gasteiger partial charge is 0.416 e. The van der Waals surface area contributed by atoms with E-state index in [1.807, 2.05) is 6.92 Å². The van der Waals surface area contributed by atoms with Crippen molar-refractivity contribution in [3.05, 3.63) is 52.9 Å². The number of carbonyl (C=O) groups is 1. The first kappa shape index (κ1) is 21.4. The van der Waals surface area contributed by atoms with Crippen molar-refractivity contribution in [1.29, 1.82) is 0 Å². The Balaban J connectivity index is 2.06. The van der Waals surface area contributed by atoms with Crippen LogP contribution in [-0.2, 0) is 21.0 Å². The van der Waals surface area contributed by atoms with Gasteiger partial charge in [0.1, 0.15) is 4.21 Å². The molecule has 0 aliphatic carbocycles. The molecule has 1 unspecified atom stereocenters. The molecule has 1 aromatic carbocycles. The molecule has 1 aromatic heterocycles. The summed E-state index contributed by atoms with van der Waals surface area (Å²) in [7, 11) is -3.79. The monoisotopic (exact) mass is 420 g/mol. The summed E-state index contributed by atoms with van der Waals surface area (Å²) in [4.78, 5) is 12.1. The summed E-state index contributed by atoms with van der Waals surface area (Å²) in [6, 6.07) is 7.09. The third-order valence-electron chi connectivity index (χ3n) is 3.71. The highest BCUT2D eigenvalue weighted by molar-refractivity contribution is 7.91. The predicted octanol–water partition coefficient (Wildman–Crippen LogP) is 3.70. The van der Waals surface area contributed by atoms with Crippen LogP contribution in [0, 0.1) is 0 Å². The summed E-state index contributed by atoms with van der Waals surface area (Å²) in [6.07, 6.45) is -3.43. The molecule has 148 valence electrons. The number of carbonyl (C=O) groups excluding carboxylic acids is 1. The van der Waals surface area contributed by atoms with Crippen molar-refractivity contribution in [2.75, 3.05) is 6.54 Å². The third-order valence-corrected chi connectivity index (χ3v) is 6.51. The molecule has 5 nitrogen and oxygen atoms in total. The van der Waals surface area contributed by atoms with Crippen molar-refractivity contribution in [2.24, 2.45) is 0 Å². The highest BCUT2D eigenvalue weighted by atomic mass is 32.2. The number of nitrogens with one attached hydrogen (secondary N) is 2. The molecule has 1 heterocycles. The maximum Gasteiger partial charge on any atom is 0.416 e. The minimum Gasteiger partial charge on any atom is -0.348 e. The molecule has 0 saturated carbocycles. The molecule has 27 heavy (non-hydrogen) atoms. The van der Waals surface area contributed by atoms with Gasteiger partial charge in [-0.15, -0.1) is 11.3 Å². The van der Waals surface area contributed by atoms with Gasteiger partial charge in [-0.1, -0.05) is 31.5 Å². The van der Waals surface area contributed by atoms with Crippen LogP contribution in [0.2, 0.25) is 0 Å². The van der Waals surface area contributed by atoms with Gasteiger partial charge >= 0.3 is 6.18 Å². The summed E-state index contributed by atoms with van der Waals surface area (Å²) in [5.41, 5.74) is -0.477. The Kier molecular flexibility index (Phi) is 7.01. The fourth-order valence-electron chi connectivity index (χ4n) is 2.44. The van der Waals surface area contributed by atoms with E-state index in [4.69, 9.17) is 0 Å². The molecule has 0 fully saturated rings. The van der Waals surface area contributed by atoms with Crippen LogP contribution in [-0.4, -0.2) is 20.9 Å². The van der Waals surface area contributed by atoms with Gasteiger partial charge in [-0.3, -0.25) is 4.79 Å². The first-order chi connectivity index (χ1) is 12.6. The first-order valence-electron chi connectivity index (χ1n) is 8.13. The van der Waals surface area contributed by atoms with Crippen LogP contribution in [0.15, 0.2) is 46.0 Å². The number of sulfonamides is 1. The Morgan fingerprint density at radius 2 is 1.96 bits per heavy atom. The van der Waals surface area contributed by atoms with Gasteiger partial charge in [-0.2, -0.15) is 13.2 Å². The fraction of sp³-hybridized carbons (Fsp3) is 0.353. The standard InChI is InChI=1S/C17H19F3N2O3S2/c1-2-5-14(12-6-3-7-13(10-12)17(18,19)20)22-15(23)11-21-27(24,25)16-8-4-9-26-16/h3-4,6-10,14,21H,2,5,11H2,1H3,(H,22,23). The molecule has 0 bridgehead atoms. The smallest absolute Gasteiger partial charge is 0.348 e. The number of rotatable bonds is 8. The van der Waals surface area contributed by atoms with Gasteiger partial charge in [0, 0.05) is 0 Å². The molecular weight excluding hydrogens is 401 g/mol. The maximum absolute atomic E-state index is 12.9. The summed E-state index contributed by atoms with van der Waals surface area (Å²) in [6.45, 7) is 1.34. The van der Waals surface area contributed by atoms with Crippen molar-refractivity contribution in [2.45, 2.75) is 36.2 Å². The molecule has 0 radical (unpaired) electrons. The molecule has 10 heteroatoms. The highest BCUT2D eigenvalue weighted by Gasteiger charge is 2.31. The summed E-state index contributed by atoms with van der Waals surface area (Å²) < 4.78 is 65.0. The summed E-state index contributed by atoms with van der Waals surface area (Å²) in [5.74, 6) is -0.619. The summed E-state index contributed by atoms with van der Waals surface area (Å²) in [5, 5.41) is 4.20. The first-order valence-corrected chi connectivity index (χ1v) is 10.5. The second kappa shape index (κ2) is 8.85. The lowest BCUT2D eigenvalue weighted by Gasteiger charge is -2.20. The Hall–Kier alpha value is -1.91. The predicted molar refractivity (Wildman–Crippen MR) is 96.7 cm³/mol. The highest BCUT2D eigenvalue weighted by Crippen LogP contribution is 2.31. The van der Waals surface area contributed by atoms with Crippen LogP contribution < -0.4 is 10.0 Å². The molecule has 2 rings (SSSR count). The normalized spacial score (nSPS) is 13.3. The van der Waals surface area contributed by atoms with Crippen LogP contribution in [0.1, 0.15) is 36.9 Å². The molecule has 0 aliphatic rings. The van der Waals surface area contributed by atoms with Crippen molar-refractivity contribution in [3.63, 3.8) is 0 Å². The zero-order valence-electron chi connectivity index (χ0n) is 14.4. The van der Waals surface area contributed by atoms with Gasteiger partial charge < -0.3 is 5.32 Å².